The van der Waals surface area contributed by atoms with Crippen molar-refractivity contribution >= 4 is 21.8 Å². The zero-order valence-electron chi connectivity index (χ0n) is 12.0. The number of pyridine rings is 2. The molecule has 0 aliphatic carbocycles. The average molecular weight is 287 g/mol. The summed E-state index contributed by atoms with van der Waals surface area (Å²) in [5, 5.41) is 12.9. The summed E-state index contributed by atoms with van der Waals surface area (Å²) < 4.78 is 0. The van der Waals surface area contributed by atoms with E-state index in [0.717, 1.165) is 27.5 Å². The molecule has 1 atom stereocenters. The third-order valence-corrected chi connectivity index (χ3v) is 3.91. The van der Waals surface area contributed by atoms with E-state index >= 15 is 0 Å². The quantitative estimate of drug-likeness (QED) is 0.697. The summed E-state index contributed by atoms with van der Waals surface area (Å²) >= 11 is 0. The predicted octanol–water partition coefficient (Wildman–Crippen LogP) is 2.68. The molecule has 2 aromatic heterocycles. The molecule has 3 heterocycles. The molecule has 0 spiro atoms. The van der Waals surface area contributed by atoms with E-state index in [1.807, 2.05) is 37.4 Å². The maximum absolute atomic E-state index is 9.08. The fourth-order valence-electron chi connectivity index (χ4n) is 2.76. The van der Waals surface area contributed by atoms with Gasteiger partial charge in [-0.25, -0.2) is 10.4 Å². The molecule has 1 aliphatic rings. The Kier molecular flexibility index (Phi) is 2.78. The average Bonchev–Trinajstić information content (AvgIpc) is 2.95. The van der Waals surface area contributed by atoms with Gasteiger partial charge in [-0.3, -0.25) is 4.98 Å². The number of nitrogens with zero attached hydrogens (tertiary/aromatic N) is 4. The first kappa shape index (κ1) is 12.7. The Hall–Kier alpha value is -2.97. The van der Waals surface area contributed by atoms with Crippen LogP contribution in [0.15, 0.2) is 54.4 Å². The number of hydrazine groups is 1. The van der Waals surface area contributed by atoms with Gasteiger partial charge in [0.25, 0.3) is 0 Å². The van der Waals surface area contributed by atoms with Gasteiger partial charge in [0.05, 0.1) is 22.8 Å². The number of allylic oxidation sites excluding steroid dienone is 1. The van der Waals surface area contributed by atoms with Gasteiger partial charge in [0, 0.05) is 24.0 Å². The zero-order chi connectivity index (χ0) is 15.1. The molecule has 0 saturated heterocycles. The highest BCUT2D eigenvalue weighted by Gasteiger charge is 2.22. The summed E-state index contributed by atoms with van der Waals surface area (Å²) in [6.45, 7) is 0. The van der Waals surface area contributed by atoms with E-state index in [4.69, 9.17) is 10.2 Å². The van der Waals surface area contributed by atoms with Crippen molar-refractivity contribution in [2.24, 2.45) is 0 Å². The van der Waals surface area contributed by atoms with Crippen LogP contribution in [0.1, 0.15) is 11.7 Å². The lowest BCUT2D eigenvalue weighted by molar-refractivity contribution is 0.317. The van der Waals surface area contributed by atoms with Gasteiger partial charge in [-0.1, -0.05) is 24.3 Å². The van der Waals surface area contributed by atoms with Gasteiger partial charge < -0.3 is 5.01 Å². The molecule has 0 radical (unpaired) electrons. The Bertz CT molecular complexity index is 954. The summed E-state index contributed by atoms with van der Waals surface area (Å²) in [5.41, 5.74) is 6.49. The molecule has 0 bridgehead atoms. The number of aromatic nitrogens is 2. The summed E-state index contributed by atoms with van der Waals surface area (Å²) in [4.78, 5) is 9.24. The summed E-state index contributed by atoms with van der Waals surface area (Å²) in [6.07, 6.45) is 3.66. The van der Waals surface area contributed by atoms with Gasteiger partial charge in [-0.05, 0) is 18.2 Å². The Morgan fingerprint density at radius 1 is 1.14 bits per heavy atom. The molecular weight excluding hydrogens is 274 g/mol. The number of nitriles is 1. The number of hydrogen-bond acceptors (Lipinski definition) is 5. The fourth-order valence-corrected chi connectivity index (χ4v) is 2.76. The first-order valence-corrected chi connectivity index (χ1v) is 7.02. The highest BCUT2D eigenvalue weighted by molar-refractivity contribution is 6.02. The Balaban J connectivity index is 1.89. The normalized spacial score (nSPS) is 17.7. The lowest BCUT2D eigenvalue weighted by Crippen LogP contribution is -2.29. The number of hydrogen-bond donors (Lipinski definition) is 1. The van der Waals surface area contributed by atoms with Crippen LogP contribution in [-0.4, -0.2) is 22.0 Å². The van der Waals surface area contributed by atoms with Crippen LogP contribution < -0.4 is 5.43 Å². The number of rotatable bonds is 1. The standard InChI is InChI=1S/C17H13N5/c1-22-13(10-18)9-15(21-22)14-7-6-12-5-4-11-3-2-8-19-16(11)17(12)20-14/h2-9,15,21H,1H3. The summed E-state index contributed by atoms with van der Waals surface area (Å²) in [5.74, 6) is 0. The topological polar surface area (TPSA) is 64.8 Å². The van der Waals surface area contributed by atoms with Crippen LogP contribution in [-0.2, 0) is 0 Å². The smallest absolute Gasteiger partial charge is 0.128 e. The van der Waals surface area contributed by atoms with E-state index in [1.165, 1.54) is 0 Å². The van der Waals surface area contributed by atoms with E-state index in [0.29, 0.717) is 5.70 Å². The van der Waals surface area contributed by atoms with E-state index in [2.05, 4.69) is 28.6 Å². The van der Waals surface area contributed by atoms with Crippen molar-refractivity contribution < 1.29 is 0 Å². The van der Waals surface area contributed by atoms with Crippen LogP contribution in [0.3, 0.4) is 0 Å². The molecule has 0 amide bonds. The molecule has 3 aromatic rings. The van der Waals surface area contributed by atoms with Crippen molar-refractivity contribution in [2.75, 3.05) is 7.05 Å². The Morgan fingerprint density at radius 3 is 2.68 bits per heavy atom. The maximum atomic E-state index is 9.08. The fraction of sp³-hybridized carbons (Fsp3) is 0.118. The number of benzene rings is 1. The first-order valence-electron chi connectivity index (χ1n) is 7.02. The van der Waals surface area contributed by atoms with Crippen LogP contribution in [0.5, 0.6) is 0 Å². The minimum atomic E-state index is -0.0944. The van der Waals surface area contributed by atoms with Gasteiger partial charge >= 0.3 is 0 Å². The SMILES string of the molecule is CN1NC(c2ccc3ccc4cccnc4c3n2)C=C1C#N. The third-order valence-electron chi connectivity index (χ3n) is 3.91. The molecule has 0 fully saturated rings. The second kappa shape index (κ2) is 4.79. The zero-order valence-corrected chi connectivity index (χ0v) is 12.0. The van der Waals surface area contributed by atoms with Crippen molar-refractivity contribution in [2.45, 2.75) is 6.04 Å². The number of fused-ring (bicyclic) bond motifs is 3. The van der Waals surface area contributed by atoms with Crippen molar-refractivity contribution in [1.82, 2.24) is 20.4 Å². The molecule has 5 nitrogen and oxygen atoms in total. The van der Waals surface area contributed by atoms with Crippen molar-refractivity contribution in [3.05, 3.63) is 60.1 Å². The summed E-state index contributed by atoms with van der Waals surface area (Å²) in [7, 11) is 1.83. The molecule has 1 aromatic carbocycles. The maximum Gasteiger partial charge on any atom is 0.128 e. The molecule has 5 heteroatoms. The molecule has 106 valence electrons. The third kappa shape index (κ3) is 1.90. The van der Waals surface area contributed by atoms with Gasteiger partial charge in [0.2, 0.25) is 0 Å². The molecule has 22 heavy (non-hydrogen) atoms. The van der Waals surface area contributed by atoms with Gasteiger partial charge in [0.15, 0.2) is 0 Å². The van der Waals surface area contributed by atoms with Crippen LogP contribution in [0.4, 0.5) is 0 Å². The highest BCUT2D eigenvalue weighted by Crippen LogP contribution is 2.26. The highest BCUT2D eigenvalue weighted by atomic mass is 15.5. The van der Waals surface area contributed by atoms with Crippen molar-refractivity contribution in [3.63, 3.8) is 0 Å². The second-order valence-electron chi connectivity index (χ2n) is 5.28. The van der Waals surface area contributed by atoms with Crippen molar-refractivity contribution in [1.29, 1.82) is 5.26 Å². The molecule has 1 unspecified atom stereocenters. The Morgan fingerprint density at radius 2 is 1.91 bits per heavy atom. The molecule has 0 saturated carbocycles. The van der Waals surface area contributed by atoms with Crippen LogP contribution >= 0.6 is 0 Å². The molecule has 1 aliphatic heterocycles. The van der Waals surface area contributed by atoms with Gasteiger partial charge in [0.1, 0.15) is 11.8 Å². The molecular formula is C17H13N5. The summed E-state index contributed by atoms with van der Waals surface area (Å²) in [6, 6.07) is 14.2. The predicted molar refractivity (Wildman–Crippen MR) is 84.4 cm³/mol. The van der Waals surface area contributed by atoms with E-state index in [-0.39, 0.29) is 6.04 Å². The van der Waals surface area contributed by atoms with Gasteiger partial charge in [-0.15, -0.1) is 0 Å². The van der Waals surface area contributed by atoms with Crippen LogP contribution in [0.25, 0.3) is 21.8 Å². The minimum absolute atomic E-state index is 0.0944. The monoisotopic (exact) mass is 287 g/mol. The number of nitrogens with one attached hydrogen (secondary N) is 1. The van der Waals surface area contributed by atoms with Crippen molar-refractivity contribution in [3.8, 4) is 6.07 Å². The van der Waals surface area contributed by atoms with Crippen LogP contribution in [0, 0.1) is 11.3 Å². The molecule has 4 rings (SSSR count). The minimum Gasteiger partial charge on any atom is -0.301 e. The lowest BCUT2D eigenvalue weighted by atomic mass is 10.1. The molecule has 1 N–H and O–H groups in total. The lowest BCUT2D eigenvalue weighted by Gasteiger charge is -2.15. The van der Waals surface area contributed by atoms with Gasteiger partial charge in [-0.2, -0.15) is 5.26 Å². The largest absolute Gasteiger partial charge is 0.301 e. The van der Waals surface area contributed by atoms with E-state index in [1.54, 1.807) is 11.2 Å². The first-order chi connectivity index (χ1) is 10.8. The Labute approximate surface area is 127 Å². The van der Waals surface area contributed by atoms with Crippen LogP contribution in [0.2, 0.25) is 0 Å². The van der Waals surface area contributed by atoms with E-state index in [9.17, 15) is 0 Å². The second-order valence-corrected chi connectivity index (χ2v) is 5.28. The van der Waals surface area contributed by atoms with E-state index < -0.39 is 0 Å².